The fourth-order valence-corrected chi connectivity index (χ4v) is 10.5. The van der Waals surface area contributed by atoms with Crippen molar-refractivity contribution in [2.75, 3.05) is 13.2 Å². The summed E-state index contributed by atoms with van der Waals surface area (Å²) in [5.41, 5.74) is 0. The van der Waals surface area contributed by atoms with E-state index in [1.807, 2.05) is 0 Å². The van der Waals surface area contributed by atoms with Gasteiger partial charge in [0.1, 0.15) is 13.2 Å². The number of ether oxygens (including phenoxy) is 3. The predicted molar refractivity (Wildman–Crippen MR) is 362 cm³/mol. The van der Waals surface area contributed by atoms with Gasteiger partial charge in [-0.2, -0.15) is 0 Å². The van der Waals surface area contributed by atoms with E-state index in [1.165, 1.54) is 238 Å². The smallest absolute Gasteiger partial charge is 0.306 e. The minimum absolute atomic E-state index is 0.0760. The summed E-state index contributed by atoms with van der Waals surface area (Å²) < 4.78 is 17.0. The molecule has 6 nitrogen and oxygen atoms in total. The Kier molecular flexibility index (Phi) is 68.2. The molecule has 0 saturated heterocycles. The van der Waals surface area contributed by atoms with Crippen molar-refractivity contribution in [1.29, 1.82) is 0 Å². The van der Waals surface area contributed by atoms with Gasteiger partial charge >= 0.3 is 17.9 Å². The summed E-state index contributed by atoms with van der Waals surface area (Å²) in [6, 6.07) is 0. The van der Waals surface area contributed by atoms with Crippen molar-refractivity contribution in [1.82, 2.24) is 0 Å². The van der Waals surface area contributed by atoms with E-state index in [-0.39, 0.29) is 31.1 Å². The summed E-state index contributed by atoms with van der Waals surface area (Å²) in [5.74, 6) is -0.864. The van der Waals surface area contributed by atoms with Crippen LogP contribution in [-0.2, 0) is 28.6 Å². The maximum Gasteiger partial charge on any atom is 0.306 e. The molecular formula is C77H136O6. The van der Waals surface area contributed by atoms with Gasteiger partial charge in [0, 0.05) is 19.3 Å². The van der Waals surface area contributed by atoms with E-state index in [1.54, 1.807) is 0 Å². The van der Waals surface area contributed by atoms with Gasteiger partial charge in [0.25, 0.3) is 0 Å². The lowest BCUT2D eigenvalue weighted by Crippen LogP contribution is -2.30. The minimum Gasteiger partial charge on any atom is -0.462 e. The summed E-state index contributed by atoms with van der Waals surface area (Å²) in [7, 11) is 0. The summed E-state index contributed by atoms with van der Waals surface area (Å²) >= 11 is 0. The molecule has 0 radical (unpaired) electrons. The van der Waals surface area contributed by atoms with Crippen molar-refractivity contribution in [3.05, 3.63) is 85.1 Å². The fraction of sp³-hybridized carbons (Fsp3) is 0.779. The minimum atomic E-state index is -0.781. The summed E-state index contributed by atoms with van der Waals surface area (Å²) in [6.07, 6.45) is 94.7. The molecule has 0 spiro atoms. The zero-order valence-electron chi connectivity index (χ0n) is 55.2. The van der Waals surface area contributed by atoms with E-state index < -0.39 is 6.10 Å². The first-order valence-corrected chi connectivity index (χ1v) is 36.1. The highest BCUT2D eigenvalue weighted by Gasteiger charge is 2.19. The van der Waals surface area contributed by atoms with Crippen LogP contribution in [0, 0.1) is 0 Å². The molecule has 0 aromatic heterocycles. The number of allylic oxidation sites excluding steroid dienone is 14. The monoisotopic (exact) mass is 1160 g/mol. The molecule has 0 aromatic rings. The average Bonchev–Trinajstić information content (AvgIpc) is 3.49. The Labute approximate surface area is 515 Å². The molecule has 0 aliphatic heterocycles. The zero-order chi connectivity index (χ0) is 59.9. The van der Waals surface area contributed by atoms with E-state index >= 15 is 0 Å². The largest absolute Gasteiger partial charge is 0.462 e. The molecule has 0 saturated carbocycles. The third kappa shape index (κ3) is 69.3. The normalized spacial score (nSPS) is 12.6. The van der Waals surface area contributed by atoms with E-state index in [0.29, 0.717) is 19.3 Å². The third-order valence-corrected chi connectivity index (χ3v) is 15.9. The van der Waals surface area contributed by atoms with Gasteiger partial charge in [0.15, 0.2) is 6.10 Å². The first-order chi connectivity index (χ1) is 41.0. The number of rotatable bonds is 66. The van der Waals surface area contributed by atoms with Crippen molar-refractivity contribution in [3.63, 3.8) is 0 Å². The van der Waals surface area contributed by atoms with Gasteiger partial charge in [-0.1, -0.05) is 318 Å². The van der Waals surface area contributed by atoms with Crippen LogP contribution in [0.4, 0.5) is 0 Å². The second-order valence-electron chi connectivity index (χ2n) is 24.1. The predicted octanol–water partition coefficient (Wildman–Crippen LogP) is 25.0. The maximum absolute atomic E-state index is 12.9. The quantitative estimate of drug-likeness (QED) is 0.0261. The Morgan fingerprint density at radius 1 is 0.253 bits per heavy atom. The molecular weight excluding hydrogens is 1020 g/mol. The van der Waals surface area contributed by atoms with E-state index in [2.05, 4.69) is 106 Å². The molecule has 0 heterocycles. The van der Waals surface area contributed by atoms with Crippen LogP contribution in [0.1, 0.15) is 367 Å². The SMILES string of the molecule is CC/C=C\C/C=C\C/C=C\C/C=C\C/C=C\CCCCCCCCCCCCCCCCCC(=O)OCC(COC(=O)CCCCCCCCC/C=C\CCCCCCCC)OC(=O)CCCCCCCCC/C=C\CCCCCCCC. The van der Waals surface area contributed by atoms with Crippen LogP contribution in [-0.4, -0.2) is 37.2 Å². The molecule has 0 fully saturated rings. The number of carbonyl (C=O) groups is 3. The second kappa shape index (κ2) is 71.1. The topological polar surface area (TPSA) is 78.9 Å². The van der Waals surface area contributed by atoms with Crippen molar-refractivity contribution in [2.24, 2.45) is 0 Å². The lowest BCUT2D eigenvalue weighted by atomic mass is 10.0. The van der Waals surface area contributed by atoms with Crippen LogP contribution in [0.25, 0.3) is 0 Å². The van der Waals surface area contributed by atoms with E-state index in [4.69, 9.17) is 14.2 Å². The van der Waals surface area contributed by atoms with Gasteiger partial charge in [0.05, 0.1) is 0 Å². The van der Waals surface area contributed by atoms with Gasteiger partial charge in [-0.3, -0.25) is 14.4 Å². The summed E-state index contributed by atoms with van der Waals surface area (Å²) in [6.45, 7) is 6.56. The number of unbranched alkanes of at least 4 members (excludes halogenated alkanes) is 41. The van der Waals surface area contributed by atoms with Gasteiger partial charge in [-0.05, 0) is 116 Å². The van der Waals surface area contributed by atoms with Crippen molar-refractivity contribution >= 4 is 17.9 Å². The molecule has 0 aliphatic rings. The highest BCUT2D eigenvalue weighted by atomic mass is 16.6. The molecule has 0 amide bonds. The van der Waals surface area contributed by atoms with Gasteiger partial charge in [0.2, 0.25) is 0 Å². The van der Waals surface area contributed by atoms with E-state index in [0.717, 1.165) is 89.9 Å². The Hall–Kier alpha value is -3.41. The number of esters is 3. The van der Waals surface area contributed by atoms with Crippen molar-refractivity contribution in [2.45, 2.75) is 374 Å². The van der Waals surface area contributed by atoms with Gasteiger partial charge in [-0.15, -0.1) is 0 Å². The Morgan fingerprint density at radius 2 is 0.470 bits per heavy atom. The Bertz CT molecular complexity index is 1570. The molecule has 0 aromatic carbocycles. The summed E-state index contributed by atoms with van der Waals surface area (Å²) in [4.78, 5) is 38.5. The molecule has 0 aliphatic carbocycles. The van der Waals surface area contributed by atoms with Crippen LogP contribution < -0.4 is 0 Å². The van der Waals surface area contributed by atoms with Crippen LogP contribution in [0.5, 0.6) is 0 Å². The second-order valence-corrected chi connectivity index (χ2v) is 24.1. The molecule has 6 heteroatoms. The first kappa shape index (κ1) is 79.6. The van der Waals surface area contributed by atoms with E-state index in [9.17, 15) is 14.4 Å². The fourth-order valence-electron chi connectivity index (χ4n) is 10.5. The van der Waals surface area contributed by atoms with Crippen LogP contribution in [0.2, 0.25) is 0 Å². The highest BCUT2D eigenvalue weighted by molar-refractivity contribution is 5.71. The van der Waals surface area contributed by atoms with Crippen LogP contribution >= 0.6 is 0 Å². The van der Waals surface area contributed by atoms with Gasteiger partial charge < -0.3 is 14.2 Å². The Morgan fingerprint density at radius 3 is 0.747 bits per heavy atom. The average molecular weight is 1160 g/mol. The molecule has 1 atom stereocenters. The molecule has 83 heavy (non-hydrogen) atoms. The maximum atomic E-state index is 12.9. The lowest BCUT2D eigenvalue weighted by molar-refractivity contribution is -0.167. The standard InChI is InChI=1S/C77H136O6/c1-4-7-10-13-16-19-22-25-28-31-32-33-34-35-36-37-38-39-40-41-42-43-44-47-49-52-55-58-61-64-67-70-76(79)82-73-74(83-77(80)71-68-65-62-59-56-53-50-46-30-27-24-21-18-15-12-9-6-3)72-81-75(78)69-66-63-60-57-54-51-48-45-29-26-23-20-17-14-11-8-5-2/h7,10,16,19,25-30,32-33,35-36,74H,4-6,8-9,11-15,17-18,20-24,31,34,37-73H2,1-3H3/b10-7-,19-16-,28-25-,29-26-,30-27-,33-32-,36-35-. The molecule has 0 N–H and O–H groups in total. The number of hydrogen-bond acceptors (Lipinski definition) is 6. The molecule has 0 rings (SSSR count). The van der Waals surface area contributed by atoms with Crippen LogP contribution in [0.3, 0.4) is 0 Å². The number of hydrogen-bond donors (Lipinski definition) is 0. The molecule has 480 valence electrons. The van der Waals surface area contributed by atoms with Gasteiger partial charge in [-0.25, -0.2) is 0 Å². The van der Waals surface area contributed by atoms with Crippen molar-refractivity contribution < 1.29 is 28.6 Å². The van der Waals surface area contributed by atoms with Crippen LogP contribution in [0.15, 0.2) is 85.1 Å². The lowest BCUT2D eigenvalue weighted by Gasteiger charge is -2.18. The number of carbonyl (C=O) groups excluding carboxylic acids is 3. The van der Waals surface area contributed by atoms with Crippen molar-refractivity contribution in [3.8, 4) is 0 Å². The zero-order valence-corrected chi connectivity index (χ0v) is 55.2. The summed E-state index contributed by atoms with van der Waals surface area (Å²) in [5, 5.41) is 0. The highest BCUT2D eigenvalue weighted by Crippen LogP contribution is 2.17. The molecule has 0 bridgehead atoms. The third-order valence-electron chi connectivity index (χ3n) is 15.9. The Balaban J connectivity index is 4.25. The first-order valence-electron chi connectivity index (χ1n) is 36.1. The molecule has 1 unspecified atom stereocenters.